The number of fused-ring (bicyclic) bond motifs is 5. The van der Waals surface area contributed by atoms with Crippen LogP contribution in [0.5, 0.6) is 0 Å². The minimum absolute atomic E-state index is 0.124. The van der Waals surface area contributed by atoms with Crippen LogP contribution in [0.2, 0.25) is 0 Å². The molecule has 0 spiro atoms. The third-order valence-electron chi connectivity index (χ3n) is 4.96. The summed E-state index contributed by atoms with van der Waals surface area (Å²) >= 11 is 0. The number of hydrogen-bond donors (Lipinski definition) is 3. The average molecular weight is 282 g/mol. The highest BCUT2D eigenvalue weighted by atomic mass is 16.4. The third kappa shape index (κ3) is 2.21. The van der Waals surface area contributed by atoms with Gasteiger partial charge in [0.2, 0.25) is 0 Å². The Morgan fingerprint density at radius 3 is 1.95 bits per heavy atom. The SMILES string of the molecule is O=C(O)CN(CC(=O)O)C(=O)NC1C2C3CCC(C3)C12. The summed E-state index contributed by atoms with van der Waals surface area (Å²) in [5.74, 6) is 0.0451. The van der Waals surface area contributed by atoms with Crippen LogP contribution in [0.15, 0.2) is 0 Å². The van der Waals surface area contributed by atoms with Gasteiger partial charge in [-0.25, -0.2) is 4.79 Å². The van der Waals surface area contributed by atoms with Gasteiger partial charge in [-0.1, -0.05) is 0 Å². The van der Waals surface area contributed by atoms with Crippen molar-refractivity contribution in [1.82, 2.24) is 10.2 Å². The first-order valence-corrected chi connectivity index (χ1v) is 6.96. The number of carbonyl (C=O) groups excluding carboxylic acids is 1. The first kappa shape index (κ1) is 13.2. The highest BCUT2D eigenvalue weighted by Crippen LogP contribution is 2.65. The molecule has 3 fully saturated rings. The zero-order valence-corrected chi connectivity index (χ0v) is 11.0. The van der Waals surface area contributed by atoms with Crippen LogP contribution in [0.25, 0.3) is 0 Å². The lowest BCUT2D eigenvalue weighted by molar-refractivity contribution is -0.140. The number of rotatable bonds is 5. The molecule has 7 heteroatoms. The molecule has 3 aliphatic rings. The number of hydrogen-bond acceptors (Lipinski definition) is 3. The number of amides is 2. The number of carbonyl (C=O) groups is 3. The van der Waals surface area contributed by atoms with E-state index in [0.717, 1.165) is 4.90 Å². The Morgan fingerprint density at radius 2 is 1.50 bits per heavy atom. The van der Waals surface area contributed by atoms with E-state index in [1.54, 1.807) is 0 Å². The lowest BCUT2D eigenvalue weighted by atomic mass is 10.0. The summed E-state index contributed by atoms with van der Waals surface area (Å²) in [6, 6.07) is -0.451. The average Bonchev–Trinajstić information content (AvgIpc) is 2.76. The summed E-state index contributed by atoms with van der Waals surface area (Å²) < 4.78 is 0. The van der Waals surface area contributed by atoms with Gasteiger partial charge in [0.05, 0.1) is 0 Å². The molecule has 0 aromatic rings. The summed E-state index contributed by atoms with van der Waals surface area (Å²) in [5, 5.41) is 20.3. The van der Waals surface area contributed by atoms with Crippen LogP contribution >= 0.6 is 0 Å². The summed E-state index contributed by atoms with van der Waals surface area (Å²) in [5.41, 5.74) is 0. The van der Waals surface area contributed by atoms with Gasteiger partial charge in [0.25, 0.3) is 0 Å². The largest absolute Gasteiger partial charge is 0.480 e. The molecule has 4 unspecified atom stereocenters. The standard InChI is InChI=1S/C13H18N2O5/c16-8(17)4-15(5-9(18)19)13(20)14-12-10-6-1-2-7(3-6)11(10)12/h6-7,10-12H,1-5H2,(H,14,20)(H,16,17)(H,18,19). The van der Waals surface area contributed by atoms with E-state index in [0.29, 0.717) is 23.7 Å². The van der Waals surface area contributed by atoms with E-state index in [1.807, 2.05) is 0 Å². The highest BCUT2D eigenvalue weighted by molar-refractivity contribution is 5.84. The Morgan fingerprint density at radius 1 is 1.00 bits per heavy atom. The van der Waals surface area contributed by atoms with Crippen LogP contribution in [-0.4, -0.2) is 52.2 Å². The number of carboxylic acids is 2. The summed E-state index contributed by atoms with van der Waals surface area (Å²) in [4.78, 5) is 34.2. The summed E-state index contributed by atoms with van der Waals surface area (Å²) in [7, 11) is 0. The van der Waals surface area contributed by atoms with Crippen LogP contribution in [0.1, 0.15) is 19.3 Å². The maximum Gasteiger partial charge on any atom is 0.323 e. The minimum atomic E-state index is -1.21. The zero-order chi connectivity index (χ0) is 14.4. The molecule has 0 radical (unpaired) electrons. The Hall–Kier alpha value is -1.79. The van der Waals surface area contributed by atoms with Gasteiger partial charge in [0, 0.05) is 6.04 Å². The topological polar surface area (TPSA) is 107 Å². The molecular weight excluding hydrogens is 264 g/mol. The van der Waals surface area contributed by atoms with Gasteiger partial charge in [-0.2, -0.15) is 0 Å². The second-order valence-corrected chi connectivity index (χ2v) is 6.11. The smallest absolute Gasteiger partial charge is 0.323 e. The third-order valence-corrected chi connectivity index (χ3v) is 4.96. The second-order valence-electron chi connectivity index (χ2n) is 6.11. The van der Waals surface area contributed by atoms with E-state index in [4.69, 9.17) is 10.2 Å². The number of nitrogens with one attached hydrogen (secondary N) is 1. The maximum atomic E-state index is 12.0. The molecule has 0 aromatic heterocycles. The Balaban J connectivity index is 1.57. The van der Waals surface area contributed by atoms with Crippen molar-refractivity contribution < 1.29 is 24.6 Å². The molecule has 0 saturated heterocycles. The van der Waals surface area contributed by atoms with E-state index < -0.39 is 31.1 Å². The summed E-state index contributed by atoms with van der Waals surface area (Å²) in [6.45, 7) is -1.18. The number of nitrogens with zero attached hydrogens (tertiary/aromatic N) is 1. The van der Waals surface area contributed by atoms with Gasteiger partial charge in [-0.05, 0) is 42.9 Å². The van der Waals surface area contributed by atoms with E-state index in [2.05, 4.69) is 5.32 Å². The maximum absolute atomic E-state index is 12.0. The number of urea groups is 1. The molecule has 0 heterocycles. The molecular formula is C13H18N2O5. The van der Waals surface area contributed by atoms with Gasteiger partial charge in [0.1, 0.15) is 13.1 Å². The molecule has 2 amide bonds. The van der Waals surface area contributed by atoms with Crippen LogP contribution < -0.4 is 5.32 Å². The lowest BCUT2D eigenvalue weighted by Gasteiger charge is -2.20. The minimum Gasteiger partial charge on any atom is -0.480 e. The fourth-order valence-corrected chi connectivity index (χ4v) is 4.28. The molecule has 7 nitrogen and oxygen atoms in total. The van der Waals surface area contributed by atoms with Crippen molar-refractivity contribution in [3.05, 3.63) is 0 Å². The molecule has 3 rings (SSSR count). The lowest BCUT2D eigenvalue weighted by Crippen LogP contribution is -2.46. The molecule has 3 aliphatic carbocycles. The fourth-order valence-electron chi connectivity index (χ4n) is 4.28. The van der Waals surface area contributed by atoms with E-state index in [-0.39, 0.29) is 6.04 Å². The predicted octanol–water partition coefficient (Wildman–Crippen LogP) is 0.212. The predicted molar refractivity (Wildman–Crippen MR) is 67.0 cm³/mol. The number of carboxylic acid groups (broad SMARTS) is 2. The van der Waals surface area contributed by atoms with Gasteiger partial charge < -0.3 is 20.4 Å². The molecule has 0 aromatic carbocycles. The number of aliphatic carboxylic acids is 2. The molecule has 3 N–H and O–H groups in total. The van der Waals surface area contributed by atoms with Crippen molar-refractivity contribution in [3.63, 3.8) is 0 Å². The molecule has 2 bridgehead atoms. The molecule has 20 heavy (non-hydrogen) atoms. The second kappa shape index (κ2) is 4.64. The van der Waals surface area contributed by atoms with Gasteiger partial charge >= 0.3 is 18.0 Å². The van der Waals surface area contributed by atoms with Crippen LogP contribution in [0, 0.1) is 23.7 Å². The monoisotopic (exact) mass is 282 g/mol. The Kier molecular flexibility index (Phi) is 3.07. The van der Waals surface area contributed by atoms with Crippen LogP contribution in [0.4, 0.5) is 4.79 Å². The van der Waals surface area contributed by atoms with Crippen molar-refractivity contribution >= 4 is 18.0 Å². The van der Waals surface area contributed by atoms with Crippen LogP contribution in [0.3, 0.4) is 0 Å². The van der Waals surface area contributed by atoms with Crippen LogP contribution in [-0.2, 0) is 9.59 Å². The highest BCUT2D eigenvalue weighted by Gasteiger charge is 2.65. The Labute approximate surface area is 115 Å². The van der Waals surface area contributed by atoms with Gasteiger partial charge in [0.15, 0.2) is 0 Å². The van der Waals surface area contributed by atoms with E-state index in [9.17, 15) is 14.4 Å². The Bertz CT molecular complexity index is 434. The van der Waals surface area contributed by atoms with Crippen molar-refractivity contribution in [2.24, 2.45) is 23.7 Å². The van der Waals surface area contributed by atoms with E-state index in [1.165, 1.54) is 19.3 Å². The van der Waals surface area contributed by atoms with Crippen molar-refractivity contribution in [3.8, 4) is 0 Å². The summed E-state index contributed by atoms with van der Waals surface area (Å²) in [6.07, 6.45) is 3.72. The van der Waals surface area contributed by atoms with Gasteiger partial charge in [-0.3, -0.25) is 9.59 Å². The molecule has 0 aliphatic heterocycles. The molecule has 3 saturated carbocycles. The first-order chi connectivity index (χ1) is 9.47. The van der Waals surface area contributed by atoms with Crippen molar-refractivity contribution in [2.75, 3.05) is 13.1 Å². The molecule has 110 valence electrons. The fraction of sp³-hybridized carbons (Fsp3) is 0.769. The van der Waals surface area contributed by atoms with E-state index >= 15 is 0 Å². The first-order valence-electron chi connectivity index (χ1n) is 6.96. The van der Waals surface area contributed by atoms with Crippen molar-refractivity contribution in [2.45, 2.75) is 25.3 Å². The normalized spacial score (nSPS) is 36.3. The molecule has 4 atom stereocenters. The van der Waals surface area contributed by atoms with Crippen molar-refractivity contribution in [1.29, 1.82) is 0 Å². The van der Waals surface area contributed by atoms with Gasteiger partial charge in [-0.15, -0.1) is 0 Å². The zero-order valence-electron chi connectivity index (χ0n) is 11.0. The quantitative estimate of drug-likeness (QED) is 0.668.